The van der Waals surface area contributed by atoms with Crippen LogP contribution in [0.1, 0.15) is 72.1 Å². The van der Waals surface area contributed by atoms with Gasteiger partial charge in [-0.1, -0.05) is 40.0 Å². The first-order chi connectivity index (χ1) is 9.71. The van der Waals surface area contributed by atoms with Crippen molar-refractivity contribution in [3.63, 3.8) is 0 Å². The van der Waals surface area contributed by atoms with Gasteiger partial charge in [0.1, 0.15) is 0 Å². The van der Waals surface area contributed by atoms with Crippen LogP contribution in [-0.2, 0) is 0 Å². The van der Waals surface area contributed by atoms with Gasteiger partial charge >= 0.3 is 0 Å². The van der Waals surface area contributed by atoms with Gasteiger partial charge < -0.3 is 10.2 Å². The quantitative estimate of drug-likeness (QED) is 0.817. The van der Waals surface area contributed by atoms with E-state index >= 15 is 0 Å². The van der Waals surface area contributed by atoms with Gasteiger partial charge in [0.25, 0.3) is 0 Å². The molecule has 20 heavy (non-hydrogen) atoms. The lowest BCUT2D eigenvalue weighted by atomic mass is 9.80. The predicted molar refractivity (Wildman–Crippen MR) is 88.1 cm³/mol. The molecular weight excluding hydrogens is 244 g/mol. The molecule has 0 atom stereocenters. The van der Waals surface area contributed by atoms with Gasteiger partial charge in [-0.05, 0) is 57.0 Å². The van der Waals surface area contributed by atoms with E-state index < -0.39 is 0 Å². The molecule has 0 spiro atoms. The molecule has 2 aliphatic rings. The Balaban J connectivity index is 1.85. The van der Waals surface area contributed by atoms with Crippen molar-refractivity contribution >= 4 is 0 Å². The highest BCUT2D eigenvalue weighted by Crippen LogP contribution is 2.31. The van der Waals surface area contributed by atoms with Crippen molar-refractivity contribution in [3.05, 3.63) is 0 Å². The van der Waals surface area contributed by atoms with E-state index in [-0.39, 0.29) is 0 Å². The first-order valence-corrected chi connectivity index (χ1v) is 9.18. The highest BCUT2D eigenvalue weighted by molar-refractivity contribution is 4.91. The zero-order chi connectivity index (χ0) is 14.4. The van der Waals surface area contributed by atoms with Crippen molar-refractivity contribution in [1.29, 1.82) is 0 Å². The summed E-state index contributed by atoms with van der Waals surface area (Å²) in [5.74, 6) is 2.00. The maximum atomic E-state index is 3.84. The van der Waals surface area contributed by atoms with Crippen molar-refractivity contribution in [1.82, 2.24) is 10.2 Å². The second-order valence-electron chi connectivity index (χ2n) is 7.30. The van der Waals surface area contributed by atoms with E-state index in [1.165, 1.54) is 77.5 Å². The molecule has 2 rings (SSSR count). The summed E-state index contributed by atoms with van der Waals surface area (Å²) in [5, 5.41) is 3.84. The molecule has 0 aromatic heterocycles. The maximum Gasteiger partial charge on any atom is 0.0303 e. The van der Waals surface area contributed by atoms with E-state index in [1.54, 1.807) is 0 Å². The van der Waals surface area contributed by atoms with Crippen molar-refractivity contribution in [2.24, 2.45) is 11.8 Å². The maximum absolute atomic E-state index is 3.84. The van der Waals surface area contributed by atoms with Gasteiger partial charge in [-0.2, -0.15) is 0 Å². The Kier molecular flexibility index (Phi) is 6.35. The first kappa shape index (κ1) is 16.3. The summed E-state index contributed by atoms with van der Waals surface area (Å²) in [5.41, 5.74) is 0.386. The van der Waals surface area contributed by atoms with E-state index in [0.717, 1.165) is 11.8 Å². The SMILES string of the molecule is CCC1CCC(CN2CCCNC(CC)(CC)C2)CC1. The van der Waals surface area contributed by atoms with Crippen LogP contribution in [-0.4, -0.2) is 36.6 Å². The van der Waals surface area contributed by atoms with Crippen molar-refractivity contribution < 1.29 is 0 Å². The average Bonchev–Trinajstić information content (AvgIpc) is 2.71. The minimum Gasteiger partial charge on any atom is -0.310 e. The fourth-order valence-corrected chi connectivity index (χ4v) is 4.29. The highest BCUT2D eigenvalue weighted by atomic mass is 15.2. The molecule has 0 unspecified atom stereocenters. The Morgan fingerprint density at radius 3 is 2.25 bits per heavy atom. The molecular formula is C18H36N2. The van der Waals surface area contributed by atoms with Gasteiger partial charge in [0, 0.05) is 18.6 Å². The molecule has 0 amide bonds. The lowest BCUT2D eigenvalue weighted by Crippen LogP contribution is -2.51. The average molecular weight is 280 g/mol. The van der Waals surface area contributed by atoms with Gasteiger partial charge in [-0.3, -0.25) is 0 Å². The van der Waals surface area contributed by atoms with E-state index in [9.17, 15) is 0 Å². The molecule has 1 saturated heterocycles. The molecule has 2 heteroatoms. The van der Waals surface area contributed by atoms with E-state index in [4.69, 9.17) is 0 Å². The first-order valence-electron chi connectivity index (χ1n) is 9.18. The Bertz CT molecular complexity index is 265. The molecule has 1 aliphatic heterocycles. The Morgan fingerprint density at radius 1 is 1.00 bits per heavy atom. The lowest BCUT2D eigenvalue weighted by Gasteiger charge is -2.38. The van der Waals surface area contributed by atoms with Crippen LogP contribution in [0.25, 0.3) is 0 Å². The Labute approximate surface area is 126 Å². The normalized spacial score (nSPS) is 31.9. The molecule has 2 fully saturated rings. The number of nitrogens with one attached hydrogen (secondary N) is 1. The van der Waals surface area contributed by atoms with Gasteiger partial charge in [0.2, 0.25) is 0 Å². The summed E-state index contributed by atoms with van der Waals surface area (Å²) in [7, 11) is 0. The van der Waals surface area contributed by atoms with Crippen molar-refractivity contribution in [3.8, 4) is 0 Å². The zero-order valence-corrected chi connectivity index (χ0v) is 14.1. The second-order valence-corrected chi connectivity index (χ2v) is 7.30. The third-order valence-electron chi connectivity index (χ3n) is 6.09. The van der Waals surface area contributed by atoms with E-state index in [0.29, 0.717) is 5.54 Å². The molecule has 0 aromatic carbocycles. The van der Waals surface area contributed by atoms with Crippen LogP contribution in [0.4, 0.5) is 0 Å². The summed E-state index contributed by atoms with van der Waals surface area (Å²) in [6.45, 7) is 12.2. The van der Waals surface area contributed by atoms with Crippen LogP contribution in [0.2, 0.25) is 0 Å². The number of nitrogens with zero attached hydrogens (tertiary/aromatic N) is 1. The third kappa shape index (κ3) is 4.21. The summed E-state index contributed by atoms with van der Waals surface area (Å²) in [4.78, 5) is 2.78. The molecule has 118 valence electrons. The minimum atomic E-state index is 0.386. The van der Waals surface area contributed by atoms with Crippen LogP contribution in [0, 0.1) is 11.8 Å². The van der Waals surface area contributed by atoms with Gasteiger partial charge in [0.15, 0.2) is 0 Å². The summed E-state index contributed by atoms with van der Waals surface area (Å²) in [6, 6.07) is 0. The van der Waals surface area contributed by atoms with Crippen LogP contribution in [0.3, 0.4) is 0 Å². The van der Waals surface area contributed by atoms with Crippen molar-refractivity contribution in [2.75, 3.05) is 26.2 Å². The largest absolute Gasteiger partial charge is 0.310 e. The molecule has 1 N–H and O–H groups in total. The standard InChI is InChI=1S/C18H36N2/c1-4-16-8-10-17(11-9-16)14-20-13-7-12-19-18(5-2,6-3)15-20/h16-17,19H,4-15H2,1-3H3. The molecule has 1 saturated carbocycles. The van der Waals surface area contributed by atoms with Crippen LogP contribution in [0.5, 0.6) is 0 Å². The molecule has 0 bridgehead atoms. The molecule has 1 aliphatic carbocycles. The van der Waals surface area contributed by atoms with Crippen LogP contribution in [0.15, 0.2) is 0 Å². The molecule has 0 radical (unpaired) electrons. The number of rotatable bonds is 5. The summed E-state index contributed by atoms with van der Waals surface area (Å²) < 4.78 is 0. The second kappa shape index (κ2) is 7.79. The third-order valence-corrected chi connectivity index (χ3v) is 6.09. The Morgan fingerprint density at radius 2 is 1.65 bits per heavy atom. The lowest BCUT2D eigenvalue weighted by molar-refractivity contribution is 0.147. The zero-order valence-electron chi connectivity index (χ0n) is 14.1. The minimum absolute atomic E-state index is 0.386. The van der Waals surface area contributed by atoms with Gasteiger partial charge in [0.05, 0.1) is 0 Å². The Hall–Kier alpha value is -0.0800. The fraction of sp³-hybridized carbons (Fsp3) is 1.00. The molecule has 1 heterocycles. The van der Waals surface area contributed by atoms with E-state index in [2.05, 4.69) is 31.0 Å². The highest BCUT2D eigenvalue weighted by Gasteiger charge is 2.31. The van der Waals surface area contributed by atoms with Gasteiger partial charge in [-0.25, -0.2) is 0 Å². The summed E-state index contributed by atoms with van der Waals surface area (Å²) in [6.07, 6.45) is 11.2. The molecule has 0 aromatic rings. The summed E-state index contributed by atoms with van der Waals surface area (Å²) >= 11 is 0. The number of hydrogen-bond donors (Lipinski definition) is 1. The predicted octanol–water partition coefficient (Wildman–Crippen LogP) is 4.06. The van der Waals surface area contributed by atoms with Crippen LogP contribution >= 0.6 is 0 Å². The smallest absolute Gasteiger partial charge is 0.0303 e. The molecule has 2 nitrogen and oxygen atoms in total. The fourth-order valence-electron chi connectivity index (χ4n) is 4.29. The van der Waals surface area contributed by atoms with Crippen molar-refractivity contribution in [2.45, 2.75) is 77.7 Å². The topological polar surface area (TPSA) is 15.3 Å². The number of hydrogen-bond acceptors (Lipinski definition) is 2. The van der Waals surface area contributed by atoms with Crippen LogP contribution < -0.4 is 5.32 Å². The monoisotopic (exact) mass is 280 g/mol. The van der Waals surface area contributed by atoms with Gasteiger partial charge in [-0.15, -0.1) is 0 Å². The van der Waals surface area contributed by atoms with E-state index in [1.807, 2.05) is 0 Å².